The normalized spacial score (nSPS) is 12.3. The molecule has 124 valence electrons. The Morgan fingerprint density at radius 3 is 2.79 bits per heavy atom. The van der Waals surface area contributed by atoms with Crippen LogP contribution < -0.4 is 0 Å². The predicted molar refractivity (Wildman–Crippen MR) is 93.9 cm³/mol. The zero-order valence-electron chi connectivity index (χ0n) is 14.1. The van der Waals surface area contributed by atoms with Crippen LogP contribution in [0.1, 0.15) is 22.1 Å². The Hall–Kier alpha value is -2.66. The molecule has 0 N–H and O–H groups in total. The van der Waals surface area contributed by atoms with Gasteiger partial charge in [0.1, 0.15) is 0 Å². The molecule has 0 spiro atoms. The number of ether oxygens (including phenoxy) is 1. The van der Waals surface area contributed by atoms with Crippen molar-refractivity contribution < 1.29 is 9.53 Å². The van der Waals surface area contributed by atoms with Gasteiger partial charge < -0.3 is 14.2 Å². The molecule has 2 heterocycles. The molecule has 0 unspecified atom stereocenters. The lowest BCUT2D eigenvalue weighted by atomic mass is 10.1. The van der Waals surface area contributed by atoms with Gasteiger partial charge >= 0.3 is 0 Å². The minimum atomic E-state index is -0.234. The van der Waals surface area contributed by atoms with Gasteiger partial charge in [0.25, 0.3) is 5.91 Å². The van der Waals surface area contributed by atoms with Crippen LogP contribution in [0.25, 0.3) is 10.9 Å². The molecular formula is C19H21N3O2. The molecule has 1 amide bonds. The molecule has 0 saturated carbocycles. The molecular weight excluding hydrogens is 302 g/mol. The van der Waals surface area contributed by atoms with Gasteiger partial charge in [-0.05, 0) is 30.3 Å². The summed E-state index contributed by atoms with van der Waals surface area (Å²) in [5.41, 5.74) is 2.54. The third-order valence-electron chi connectivity index (χ3n) is 4.30. The SMILES string of the molecule is COC[C@@H](c1ccccn1)N(C)C(=O)c1cccc2c1ccn2C. The van der Waals surface area contributed by atoms with Crippen LogP contribution in [-0.2, 0) is 11.8 Å². The van der Waals surface area contributed by atoms with E-state index in [9.17, 15) is 4.79 Å². The summed E-state index contributed by atoms with van der Waals surface area (Å²) in [5.74, 6) is -0.0421. The number of pyridine rings is 1. The van der Waals surface area contributed by atoms with Crippen molar-refractivity contribution in [1.29, 1.82) is 0 Å². The molecule has 0 aliphatic carbocycles. The van der Waals surface area contributed by atoms with E-state index in [1.807, 2.05) is 60.3 Å². The third-order valence-corrected chi connectivity index (χ3v) is 4.30. The number of aryl methyl sites for hydroxylation is 1. The first kappa shape index (κ1) is 16.2. The number of methoxy groups -OCH3 is 1. The topological polar surface area (TPSA) is 47.4 Å². The zero-order chi connectivity index (χ0) is 17.1. The average molecular weight is 323 g/mol. The maximum atomic E-state index is 13.1. The van der Waals surface area contributed by atoms with Crippen LogP contribution in [0, 0.1) is 0 Å². The van der Waals surface area contributed by atoms with Gasteiger partial charge in [-0.1, -0.05) is 12.1 Å². The van der Waals surface area contributed by atoms with E-state index in [0.29, 0.717) is 12.2 Å². The number of amides is 1. The van der Waals surface area contributed by atoms with E-state index in [2.05, 4.69) is 4.98 Å². The minimum absolute atomic E-state index is 0.0421. The van der Waals surface area contributed by atoms with Gasteiger partial charge in [0.2, 0.25) is 0 Å². The van der Waals surface area contributed by atoms with Crippen molar-refractivity contribution in [3.8, 4) is 0 Å². The van der Waals surface area contributed by atoms with Crippen molar-refractivity contribution in [1.82, 2.24) is 14.5 Å². The smallest absolute Gasteiger partial charge is 0.254 e. The summed E-state index contributed by atoms with van der Waals surface area (Å²) in [7, 11) is 5.40. The first-order valence-corrected chi connectivity index (χ1v) is 7.84. The molecule has 1 aromatic carbocycles. The molecule has 0 radical (unpaired) electrons. The van der Waals surface area contributed by atoms with Gasteiger partial charge in [0, 0.05) is 50.1 Å². The fourth-order valence-corrected chi connectivity index (χ4v) is 2.95. The van der Waals surface area contributed by atoms with Gasteiger partial charge in [-0.25, -0.2) is 0 Å². The summed E-state index contributed by atoms with van der Waals surface area (Å²) in [6.07, 6.45) is 3.70. The van der Waals surface area contributed by atoms with Gasteiger partial charge in [-0.3, -0.25) is 9.78 Å². The molecule has 24 heavy (non-hydrogen) atoms. The Morgan fingerprint density at radius 2 is 2.08 bits per heavy atom. The fourth-order valence-electron chi connectivity index (χ4n) is 2.95. The number of hydrogen-bond donors (Lipinski definition) is 0. The molecule has 5 heteroatoms. The van der Waals surface area contributed by atoms with Crippen molar-refractivity contribution in [3.05, 3.63) is 66.1 Å². The largest absolute Gasteiger partial charge is 0.382 e. The fraction of sp³-hybridized carbons (Fsp3) is 0.263. The van der Waals surface area contributed by atoms with Crippen molar-refractivity contribution in [2.45, 2.75) is 6.04 Å². The van der Waals surface area contributed by atoms with Crippen LogP contribution in [-0.4, -0.2) is 41.1 Å². The highest BCUT2D eigenvalue weighted by Gasteiger charge is 2.25. The molecule has 3 rings (SSSR count). The second-order valence-corrected chi connectivity index (χ2v) is 5.81. The number of carbonyl (C=O) groups is 1. The molecule has 1 atom stereocenters. The monoisotopic (exact) mass is 323 g/mol. The Bertz CT molecular complexity index is 842. The number of benzene rings is 1. The zero-order valence-corrected chi connectivity index (χ0v) is 14.1. The quantitative estimate of drug-likeness (QED) is 0.725. The van der Waals surface area contributed by atoms with E-state index in [1.165, 1.54) is 0 Å². The number of nitrogens with zero attached hydrogens (tertiary/aromatic N) is 3. The summed E-state index contributed by atoms with van der Waals surface area (Å²) in [4.78, 5) is 19.2. The summed E-state index contributed by atoms with van der Waals surface area (Å²) >= 11 is 0. The summed E-state index contributed by atoms with van der Waals surface area (Å²) in [6.45, 7) is 0.393. The lowest BCUT2D eigenvalue weighted by Crippen LogP contribution is -2.34. The van der Waals surface area contributed by atoms with E-state index in [1.54, 1.807) is 25.3 Å². The van der Waals surface area contributed by atoms with Gasteiger partial charge in [-0.15, -0.1) is 0 Å². The number of aromatic nitrogens is 2. The Balaban J connectivity index is 1.97. The van der Waals surface area contributed by atoms with E-state index >= 15 is 0 Å². The van der Waals surface area contributed by atoms with Crippen LogP contribution in [0.3, 0.4) is 0 Å². The molecule has 3 aromatic rings. The maximum Gasteiger partial charge on any atom is 0.254 e. The molecule has 0 bridgehead atoms. The number of fused-ring (bicyclic) bond motifs is 1. The van der Waals surface area contributed by atoms with E-state index in [4.69, 9.17) is 4.74 Å². The molecule has 2 aromatic heterocycles. The Kier molecular flexibility index (Phi) is 4.62. The Labute approximate surface area is 141 Å². The van der Waals surface area contributed by atoms with Crippen LogP contribution in [0.15, 0.2) is 54.9 Å². The number of likely N-dealkylation sites (N-methyl/N-ethyl adjacent to an activating group) is 1. The minimum Gasteiger partial charge on any atom is -0.382 e. The maximum absolute atomic E-state index is 13.1. The first-order valence-electron chi connectivity index (χ1n) is 7.84. The second kappa shape index (κ2) is 6.84. The third kappa shape index (κ3) is 2.90. The highest BCUT2D eigenvalue weighted by molar-refractivity contribution is 6.06. The van der Waals surface area contributed by atoms with Crippen molar-refractivity contribution >= 4 is 16.8 Å². The number of carbonyl (C=O) groups excluding carboxylic acids is 1. The second-order valence-electron chi connectivity index (χ2n) is 5.81. The average Bonchev–Trinajstić information content (AvgIpc) is 3.00. The van der Waals surface area contributed by atoms with Crippen molar-refractivity contribution in [2.24, 2.45) is 7.05 Å². The van der Waals surface area contributed by atoms with Gasteiger partial charge in [-0.2, -0.15) is 0 Å². The number of hydrogen-bond acceptors (Lipinski definition) is 3. The van der Waals surface area contributed by atoms with Gasteiger partial charge in [0.15, 0.2) is 0 Å². The van der Waals surface area contributed by atoms with Crippen LogP contribution >= 0.6 is 0 Å². The molecule has 0 fully saturated rings. The predicted octanol–water partition coefficient (Wildman–Crippen LogP) is 3.03. The molecule has 0 aliphatic rings. The van der Waals surface area contributed by atoms with Crippen molar-refractivity contribution in [2.75, 3.05) is 20.8 Å². The lowest BCUT2D eigenvalue weighted by molar-refractivity contribution is 0.0597. The van der Waals surface area contributed by atoms with E-state index in [-0.39, 0.29) is 11.9 Å². The van der Waals surface area contributed by atoms with E-state index < -0.39 is 0 Å². The number of rotatable bonds is 5. The standard InChI is InChI=1S/C19H21N3O2/c1-21-12-10-14-15(7-6-9-17(14)21)19(23)22(2)18(13-24-3)16-8-4-5-11-20-16/h4-12,18H,13H2,1-3H3/t18-/m0/s1. The van der Waals surface area contributed by atoms with Crippen LogP contribution in [0.2, 0.25) is 0 Å². The molecule has 5 nitrogen and oxygen atoms in total. The molecule has 0 aliphatic heterocycles. The summed E-state index contributed by atoms with van der Waals surface area (Å²) in [5, 5.41) is 0.953. The van der Waals surface area contributed by atoms with Crippen molar-refractivity contribution in [3.63, 3.8) is 0 Å². The summed E-state index contributed by atoms with van der Waals surface area (Å²) < 4.78 is 7.33. The Morgan fingerprint density at radius 1 is 1.25 bits per heavy atom. The lowest BCUT2D eigenvalue weighted by Gasteiger charge is -2.27. The summed E-state index contributed by atoms with van der Waals surface area (Å²) in [6, 6.07) is 13.2. The van der Waals surface area contributed by atoms with Crippen LogP contribution in [0.4, 0.5) is 0 Å². The van der Waals surface area contributed by atoms with Gasteiger partial charge in [0.05, 0.1) is 18.3 Å². The van der Waals surface area contributed by atoms with E-state index in [0.717, 1.165) is 16.6 Å². The molecule has 0 saturated heterocycles. The highest BCUT2D eigenvalue weighted by Crippen LogP contribution is 2.24. The first-order chi connectivity index (χ1) is 11.6. The highest BCUT2D eigenvalue weighted by atomic mass is 16.5. The van der Waals surface area contributed by atoms with Crippen LogP contribution in [0.5, 0.6) is 0 Å².